The summed E-state index contributed by atoms with van der Waals surface area (Å²) in [5.74, 6) is -1.22. The quantitative estimate of drug-likeness (QED) is 0.588. The highest BCUT2D eigenvalue weighted by molar-refractivity contribution is 6.33. The maximum atomic E-state index is 13.8. The Hall–Kier alpha value is -2.93. The van der Waals surface area contributed by atoms with Gasteiger partial charge in [-0.05, 0) is 30.2 Å². The van der Waals surface area contributed by atoms with Gasteiger partial charge >= 0.3 is 0 Å². The summed E-state index contributed by atoms with van der Waals surface area (Å²) in [5, 5.41) is 5.24. The number of amides is 2. The van der Waals surface area contributed by atoms with E-state index in [9.17, 15) is 14.0 Å². The van der Waals surface area contributed by atoms with Crippen LogP contribution < -0.4 is 10.6 Å². The van der Waals surface area contributed by atoms with Crippen LogP contribution in [-0.4, -0.2) is 28.3 Å². The first-order valence-corrected chi connectivity index (χ1v) is 9.21. The molecule has 1 heterocycles. The van der Waals surface area contributed by atoms with Crippen LogP contribution in [0.3, 0.4) is 0 Å². The van der Waals surface area contributed by atoms with Gasteiger partial charge in [-0.1, -0.05) is 43.6 Å². The number of nitrogens with zero attached hydrogens (tertiary/aromatic N) is 1. The van der Waals surface area contributed by atoms with E-state index >= 15 is 0 Å². The molecule has 0 aliphatic carbocycles. The van der Waals surface area contributed by atoms with Gasteiger partial charge in [-0.25, -0.2) is 9.37 Å². The molecule has 3 rings (SSSR count). The SMILES string of the molecule is CC(C)C(NC(=O)CNC(=O)c1c(F)cccc1Cl)c1nc2ccccc2[nH]1. The topological polar surface area (TPSA) is 86.9 Å². The van der Waals surface area contributed by atoms with E-state index in [0.717, 1.165) is 17.1 Å². The van der Waals surface area contributed by atoms with Crippen LogP contribution in [0.4, 0.5) is 4.39 Å². The number of benzene rings is 2. The average Bonchev–Trinajstić information content (AvgIpc) is 3.07. The summed E-state index contributed by atoms with van der Waals surface area (Å²) in [7, 11) is 0. The third-order valence-electron chi connectivity index (χ3n) is 4.28. The van der Waals surface area contributed by atoms with Crippen molar-refractivity contribution >= 4 is 34.4 Å². The number of hydrogen-bond donors (Lipinski definition) is 3. The van der Waals surface area contributed by atoms with E-state index in [1.807, 2.05) is 38.1 Å². The van der Waals surface area contributed by atoms with Gasteiger partial charge in [0, 0.05) is 0 Å². The fourth-order valence-corrected chi connectivity index (χ4v) is 3.11. The predicted octanol–water partition coefficient (Wildman–Crippen LogP) is 3.60. The minimum atomic E-state index is -0.747. The standard InChI is InChI=1S/C20H20ClFN4O2/c1-11(2)18(19-24-14-8-3-4-9-15(14)25-19)26-16(27)10-23-20(28)17-12(21)6-5-7-13(17)22/h3-9,11,18H,10H2,1-2H3,(H,23,28)(H,24,25)(H,26,27). The van der Waals surface area contributed by atoms with Crippen molar-refractivity contribution in [1.82, 2.24) is 20.6 Å². The Morgan fingerprint density at radius 1 is 1.18 bits per heavy atom. The Bertz CT molecular complexity index is 965. The molecule has 2 amide bonds. The van der Waals surface area contributed by atoms with Crippen molar-refractivity contribution in [3.05, 3.63) is 64.7 Å². The molecule has 0 aliphatic rings. The Morgan fingerprint density at radius 3 is 2.61 bits per heavy atom. The lowest BCUT2D eigenvalue weighted by Gasteiger charge is -2.20. The first-order valence-electron chi connectivity index (χ1n) is 8.83. The van der Waals surface area contributed by atoms with Crippen LogP contribution in [0.25, 0.3) is 11.0 Å². The number of para-hydroxylation sites is 2. The number of rotatable bonds is 6. The van der Waals surface area contributed by atoms with Gasteiger partial charge in [0.1, 0.15) is 11.6 Å². The summed E-state index contributed by atoms with van der Waals surface area (Å²) in [6.45, 7) is 3.60. The Morgan fingerprint density at radius 2 is 1.93 bits per heavy atom. The third kappa shape index (κ3) is 4.31. The van der Waals surface area contributed by atoms with Gasteiger partial charge in [0.05, 0.1) is 34.2 Å². The molecule has 0 saturated carbocycles. The van der Waals surface area contributed by atoms with Gasteiger partial charge in [0.15, 0.2) is 0 Å². The molecule has 146 valence electrons. The summed E-state index contributed by atoms with van der Waals surface area (Å²) < 4.78 is 13.8. The second-order valence-corrected chi connectivity index (χ2v) is 7.11. The van der Waals surface area contributed by atoms with Crippen molar-refractivity contribution < 1.29 is 14.0 Å². The minimum absolute atomic E-state index is 0.0137. The fourth-order valence-electron chi connectivity index (χ4n) is 2.86. The maximum absolute atomic E-state index is 13.8. The molecule has 1 aromatic heterocycles. The lowest BCUT2D eigenvalue weighted by Crippen LogP contribution is -2.40. The average molecular weight is 403 g/mol. The minimum Gasteiger partial charge on any atom is -0.344 e. The molecule has 0 aliphatic heterocycles. The lowest BCUT2D eigenvalue weighted by atomic mass is 10.0. The van der Waals surface area contributed by atoms with E-state index in [2.05, 4.69) is 20.6 Å². The largest absolute Gasteiger partial charge is 0.344 e. The predicted molar refractivity (Wildman–Crippen MR) is 106 cm³/mol. The van der Waals surface area contributed by atoms with Crippen molar-refractivity contribution in [1.29, 1.82) is 0 Å². The highest BCUT2D eigenvalue weighted by Crippen LogP contribution is 2.22. The summed E-state index contributed by atoms with van der Waals surface area (Å²) in [6, 6.07) is 11.2. The number of carbonyl (C=O) groups excluding carboxylic acids is 2. The van der Waals surface area contributed by atoms with E-state index in [4.69, 9.17) is 11.6 Å². The highest BCUT2D eigenvalue weighted by atomic mass is 35.5. The van der Waals surface area contributed by atoms with Crippen molar-refractivity contribution in [3.8, 4) is 0 Å². The molecule has 28 heavy (non-hydrogen) atoms. The maximum Gasteiger partial charge on any atom is 0.256 e. The van der Waals surface area contributed by atoms with Crippen LogP contribution in [0.5, 0.6) is 0 Å². The van der Waals surface area contributed by atoms with Gasteiger partial charge in [-0.2, -0.15) is 0 Å². The summed E-state index contributed by atoms with van der Waals surface area (Å²) >= 11 is 5.87. The van der Waals surface area contributed by atoms with Crippen LogP contribution in [0, 0.1) is 11.7 Å². The number of imidazole rings is 1. The molecule has 6 nitrogen and oxygen atoms in total. The van der Waals surface area contributed by atoms with Gasteiger partial charge in [-0.15, -0.1) is 0 Å². The van der Waals surface area contributed by atoms with E-state index in [-0.39, 0.29) is 29.1 Å². The molecule has 3 aromatic rings. The number of fused-ring (bicyclic) bond motifs is 1. The zero-order valence-electron chi connectivity index (χ0n) is 15.4. The first kappa shape index (κ1) is 19.8. The smallest absolute Gasteiger partial charge is 0.256 e. The number of H-pyrrole nitrogens is 1. The molecule has 0 fully saturated rings. The molecule has 8 heteroatoms. The second-order valence-electron chi connectivity index (χ2n) is 6.71. The molecule has 2 aromatic carbocycles. The van der Waals surface area contributed by atoms with E-state index in [0.29, 0.717) is 5.82 Å². The zero-order valence-corrected chi connectivity index (χ0v) is 16.2. The normalized spacial score (nSPS) is 12.2. The molecule has 0 bridgehead atoms. The van der Waals surface area contributed by atoms with Gasteiger partial charge < -0.3 is 15.6 Å². The first-order chi connectivity index (χ1) is 13.4. The Balaban J connectivity index is 1.67. The van der Waals surface area contributed by atoms with E-state index in [1.54, 1.807) is 0 Å². The van der Waals surface area contributed by atoms with Crippen LogP contribution in [0.1, 0.15) is 36.1 Å². The van der Waals surface area contributed by atoms with Crippen LogP contribution in [0.2, 0.25) is 5.02 Å². The fraction of sp³-hybridized carbons (Fsp3) is 0.250. The van der Waals surface area contributed by atoms with Crippen LogP contribution >= 0.6 is 11.6 Å². The van der Waals surface area contributed by atoms with Crippen molar-refractivity contribution in [3.63, 3.8) is 0 Å². The number of carbonyl (C=O) groups is 2. The summed E-state index contributed by atoms with van der Waals surface area (Å²) in [6.07, 6.45) is 0. The zero-order chi connectivity index (χ0) is 20.3. The molecular formula is C20H20ClFN4O2. The number of nitrogens with one attached hydrogen (secondary N) is 3. The number of hydrogen-bond acceptors (Lipinski definition) is 3. The van der Waals surface area contributed by atoms with E-state index in [1.165, 1.54) is 12.1 Å². The molecule has 1 atom stereocenters. The van der Waals surface area contributed by atoms with Crippen molar-refractivity contribution in [2.75, 3.05) is 6.54 Å². The van der Waals surface area contributed by atoms with Crippen LogP contribution in [-0.2, 0) is 4.79 Å². The Labute approximate surface area is 166 Å². The summed E-state index contributed by atoms with van der Waals surface area (Å²) in [4.78, 5) is 32.3. The molecule has 0 saturated heterocycles. The molecule has 3 N–H and O–H groups in total. The van der Waals surface area contributed by atoms with Gasteiger partial charge in [-0.3, -0.25) is 9.59 Å². The number of aromatic nitrogens is 2. The van der Waals surface area contributed by atoms with Gasteiger partial charge in [0.25, 0.3) is 5.91 Å². The second kappa shape index (κ2) is 8.39. The summed E-state index contributed by atoms with van der Waals surface area (Å²) in [5.41, 5.74) is 1.40. The van der Waals surface area contributed by atoms with E-state index < -0.39 is 17.6 Å². The van der Waals surface area contributed by atoms with Crippen molar-refractivity contribution in [2.45, 2.75) is 19.9 Å². The molecule has 0 spiro atoms. The molecule has 0 radical (unpaired) electrons. The monoisotopic (exact) mass is 402 g/mol. The molecular weight excluding hydrogens is 383 g/mol. The third-order valence-corrected chi connectivity index (χ3v) is 4.60. The Kier molecular flexibility index (Phi) is 5.94. The van der Waals surface area contributed by atoms with Crippen molar-refractivity contribution in [2.24, 2.45) is 5.92 Å². The number of halogens is 2. The molecule has 1 unspecified atom stereocenters. The van der Waals surface area contributed by atoms with Gasteiger partial charge in [0.2, 0.25) is 5.91 Å². The number of aromatic amines is 1. The van der Waals surface area contributed by atoms with Crippen LogP contribution in [0.15, 0.2) is 42.5 Å². The lowest BCUT2D eigenvalue weighted by molar-refractivity contribution is -0.121. The highest BCUT2D eigenvalue weighted by Gasteiger charge is 2.23.